The minimum atomic E-state index is -0.285. The molecule has 0 bridgehead atoms. The highest BCUT2D eigenvalue weighted by Gasteiger charge is 2.17. The van der Waals surface area contributed by atoms with E-state index in [0.717, 1.165) is 11.4 Å². The first kappa shape index (κ1) is 12.4. The van der Waals surface area contributed by atoms with Gasteiger partial charge >= 0.3 is 0 Å². The Kier molecular flexibility index (Phi) is 3.84. The van der Waals surface area contributed by atoms with Crippen LogP contribution >= 0.6 is 0 Å². The molecule has 96 valence electrons. The van der Waals surface area contributed by atoms with Crippen molar-refractivity contribution in [2.75, 3.05) is 13.7 Å². The molecule has 0 aliphatic heterocycles. The van der Waals surface area contributed by atoms with Crippen LogP contribution in [0.2, 0.25) is 0 Å². The molecule has 0 spiro atoms. The molecule has 0 aliphatic carbocycles. The van der Waals surface area contributed by atoms with Crippen LogP contribution in [0, 0.1) is 0 Å². The van der Waals surface area contributed by atoms with Gasteiger partial charge in [-0.05, 0) is 12.1 Å². The maximum Gasteiger partial charge on any atom is 0.161 e. The molecule has 0 radical (unpaired) electrons. The Balaban J connectivity index is 2.03. The van der Waals surface area contributed by atoms with Crippen LogP contribution in [0.25, 0.3) is 0 Å². The molecule has 0 saturated carbocycles. The topological polar surface area (TPSA) is 62.3 Å². The summed E-state index contributed by atoms with van der Waals surface area (Å²) in [6.45, 7) is 0.375. The molecule has 1 unspecified atom stereocenters. The lowest BCUT2D eigenvalue weighted by atomic mass is 10.2. The Hall–Kier alpha value is -2.01. The molecule has 1 aromatic heterocycles. The molecule has 2 aromatic rings. The highest BCUT2D eigenvalue weighted by molar-refractivity contribution is 5.28. The van der Waals surface area contributed by atoms with E-state index in [1.54, 1.807) is 18.0 Å². The molecule has 0 aliphatic rings. The summed E-state index contributed by atoms with van der Waals surface area (Å²) in [6.07, 6.45) is 1.65. The first-order valence-corrected chi connectivity index (χ1v) is 5.71. The molecule has 18 heavy (non-hydrogen) atoms. The molecule has 5 heteroatoms. The third-order valence-corrected chi connectivity index (χ3v) is 2.69. The van der Waals surface area contributed by atoms with E-state index < -0.39 is 0 Å². The summed E-state index contributed by atoms with van der Waals surface area (Å²) in [7, 11) is 3.44. The Morgan fingerprint density at radius 1 is 1.33 bits per heavy atom. The van der Waals surface area contributed by atoms with Gasteiger partial charge in [0.05, 0.1) is 19.3 Å². The van der Waals surface area contributed by atoms with Crippen molar-refractivity contribution in [2.24, 2.45) is 12.8 Å². The Bertz CT molecular complexity index is 496. The van der Waals surface area contributed by atoms with Gasteiger partial charge in [0.25, 0.3) is 0 Å². The van der Waals surface area contributed by atoms with Crippen LogP contribution in [-0.4, -0.2) is 23.5 Å². The van der Waals surface area contributed by atoms with E-state index in [0.29, 0.717) is 12.4 Å². The predicted octanol–water partition coefficient (Wildman–Crippen LogP) is 1.51. The van der Waals surface area contributed by atoms with Crippen molar-refractivity contribution in [2.45, 2.75) is 6.04 Å². The van der Waals surface area contributed by atoms with Crippen LogP contribution in [0.1, 0.15) is 11.7 Å². The number of nitrogens with two attached hydrogens (primary N) is 1. The molecule has 0 saturated heterocycles. The van der Waals surface area contributed by atoms with E-state index in [1.807, 2.05) is 37.4 Å². The SMILES string of the molecule is COc1cnn(C)c1C(N)COc1ccccc1. The van der Waals surface area contributed by atoms with Gasteiger partial charge in [-0.15, -0.1) is 0 Å². The van der Waals surface area contributed by atoms with Gasteiger partial charge in [0, 0.05) is 7.05 Å². The smallest absolute Gasteiger partial charge is 0.161 e. The third-order valence-electron chi connectivity index (χ3n) is 2.69. The van der Waals surface area contributed by atoms with Gasteiger partial charge in [0.15, 0.2) is 5.75 Å². The fourth-order valence-electron chi connectivity index (χ4n) is 1.79. The Morgan fingerprint density at radius 2 is 2.06 bits per heavy atom. The van der Waals surface area contributed by atoms with Crippen molar-refractivity contribution >= 4 is 0 Å². The number of ether oxygens (including phenoxy) is 2. The lowest BCUT2D eigenvalue weighted by molar-refractivity contribution is 0.281. The van der Waals surface area contributed by atoms with Gasteiger partial charge in [-0.1, -0.05) is 18.2 Å². The van der Waals surface area contributed by atoms with Crippen molar-refractivity contribution in [3.05, 3.63) is 42.2 Å². The van der Waals surface area contributed by atoms with Crippen LogP contribution in [0.4, 0.5) is 0 Å². The van der Waals surface area contributed by atoms with E-state index in [9.17, 15) is 0 Å². The number of benzene rings is 1. The molecule has 1 atom stereocenters. The summed E-state index contributed by atoms with van der Waals surface area (Å²) >= 11 is 0. The van der Waals surface area contributed by atoms with Crippen molar-refractivity contribution in [1.29, 1.82) is 0 Å². The maximum atomic E-state index is 6.10. The Labute approximate surface area is 106 Å². The molecular weight excluding hydrogens is 230 g/mol. The zero-order chi connectivity index (χ0) is 13.0. The molecule has 0 amide bonds. The normalized spacial score (nSPS) is 12.2. The minimum Gasteiger partial charge on any atom is -0.493 e. The molecule has 5 nitrogen and oxygen atoms in total. The molecular formula is C13H17N3O2. The molecule has 2 N–H and O–H groups in total. The van der Waals surface area contributed by atoms with Crippen molar-refractivity contribution in [3.8, 4) is 11.5 Å². The number of aryl methyl sites for hydroxylation is 1. The quantitative estimate of drug-likeness (QED) is 0.870. The van der Waals surface area contributed by atoms with E-state index in [-0.39, 0.29) is 6.04 Å². The van der Waals surface area contributed by atoms with E-state index in [2.05, 4.69) is 5.10 Å². The predicted molar refractivity (Wildman–Crippen MR) is 68.6 cm³/mol. The first-order valence-electron chi connectivity index (χ1n) is 5.71. The largest absolute Gasteiger partial charge is 0.493 e. The zero-order valence-electron chi connectivity index (χ0n) is 10.5. The Morgan fingerprint density at radius 3 is 2.72 bits per heavy atom. The lowest BCUT2D eigenvalue weighted by Crippen LogP contribution is -2.22. The van der Waals surface area contributed by atoms with Crippen molar-refractivity contribution in [1.82, 2.24) is 9.78 Å². The van der Waals surface area contributed by atoms with Gasteiger partial charge in [0.2, 0.25) is 0 Å². The summed E-state index contributed by atoms with van der Waals surface area (Å²) in [5.41, 5.74) is 6.93. The summed E-state index contributed by atoms with van der Waals surface area (Å²) in [6, 6.07) is 9.29. The van der Waals surface area contributed by atoms with Crippen LogP contribution < -0.4 is 15.2 Å². The van der Waals surface area contributed by atoms with Gasteiger partial charge in [-0.25, -0.2) is 0 Å². The lowest BCUT2D eigenvalue weighted by Gasteiger charge is -2.15. The number of rotatable bonds is 5. The maximum absolute atomic E-state index is 6.10. The average molecular weight is 247 g/mol. The first-order chi connectivity index (χ1) is 8.72. The van der Waals surface area contributed by atoms with Gasteiger partial charge in [0.1, 0.15) is 18.1 Å². The van der Waals surface area contributed by atoms with Crippen LogP contribution in [-0.2, 0) is 7.05 Å². The summed E-state index contributed by atoms with van der Waals surface area (Å²) in [5, 5.41) is 4.12. The monoisotopic (exact) mass is 247 g/mol. The summed E-state index contributed by atoms with van der Waals surface area (Å²) in [5.74, 6) is 1.48. The number of para-hydroxylation sites is 1. The number of hydrogen-bond acceptors (Lipinski definition) is 4. The minimum absolute atomic E-state index is 0.285. The second-order valence-corrected chi connectivity index (χ2v) is 3.95. The zero-order valence-corrected chi connectivity index (χ0v) is 10.5. The second-order valence-electron chi connectivity index (χ2n) is 3.95. The third kappa shape index (κ3) is 2.62. The van der Waals surface area contributed by atoms with Crippen molar-refractivity contribution in [3.63, 3.8) is 0 Å². The molecule has 0 fully saturated rings. The van der Waals surface area contributed by atoms with Crippen molar-refractivity contribution < 1.29 is 9.47 Å². The molecule has 1 heterocycles. The number of aromatic nitrogens is 2. The highest BCUT2D eigenvalue weighted by Crippen LogP contribution is 2.23. The van der Waals surface area contributed by atoms with Gasteiger partial charge < -0.3 is 15.2 Å². The van der Waals surface area contributed by atoms with E-state index in [4.69, 9.17) is 15.2 Å². The standard InChI is InChI=1S/C13H17N3O2/c1-16-13(12(17-2)8-15-16)11(14)9-18-10-6-4-3-5-7-10/h3-8,11H,9,14H2,1-2H3. The van der Waals surface area contributed by atoms with E-state index >= 15 is 0 Å². The van der Waals surface area contributed by atoms with Gasteiger partial charge in [-0.2, -0.15) is 5.10 Å². The molecule has 1 aromatic carbocycles. The van der Waals surface area contributed by atoms with E-state index in [1.165, 1.54) is 0 Å². The number of nitrogens with zero attached hydrogens (tertiary/aromatic N) is 2. The van der Waals surface area contributed by atoms with Crippen LogP contribution in [0.3, 0.4) is 0 Å². The van der Waals surface area contributed by atoms with Crippen LogP contribution in [0.5, 0.6) is 11.5 Å². The van der Waals surface area contributed by atoms with Crippen LogP contribution in [0.15, 0.2) is 36.5 Å². The van der Waals surface area contributed by atoms with Gasteiger partial charge in [-0.3, -0.25) is 4.68 Å². The average Bonchev–Trinajstić information content (AvgIpc) is 2.78. The number of hydrogen-bond donors (Lipinski definition) is 1. The summed E-state index contributed by atoms with van der Waals surface area (Å²) in [4.78, 5) is 0. The fourth-order valence-corrected chi connectivity index (χ4v) is 1.79. The molecule has 2 rings (SSSR count). The fraction of sp³-hybridized carbons (Fsp3) is 0.308. The summed E-state index contributed by atoms with van der Waals surface area (Å²) < 4.78 is 12.6. The number of methoxy groups -OCH3 is 1. The highest BCUT2D eigenvalue weighted by atomic mass is 16.5. The second kappa shape index (κ2) is 5.55.